The van der Waals surface area contributed by atoms with Crippen LogP contribution in [0.5, 0.6) is 0 Å². The van der Waals surface area contributed by atoms with Crippen molar-refractivity contribution >= 4 is 40.7 Å². The first-order chi connectivity index (χ1) is 21.1. The Morgan fingerprint density at radius 2 is 1.77 bits per heavy atom. The first-order valence-corrected chi connectivity index (χ1v) is 15.7. The molecule has 3 amide bonds. The number of aryl methyl sites for hydroxylation is 1. The molecule has 0 saturated carbocycles. The number of anilines is 2. The predicted molar refractivity (Wildman–Crippen MR) is 173 cm³/mol. The van der Waals surface area contributed by atoms with E-state index in [1.54, 1.807) is 28.0 Å². The molecule has 2 aromatic rings. The SMILES string of the molecule is C=CCN(C(=O)[C@@H]1[C@H]2C(=O)N([C@@H](CO)CC(C)C)C(C(=O)N(CC=C)c3c(C)cccc3Cl)C23CC[C@H]1O3)c1ccccc1. The maximum absolute atomic E-state index is 14.9. The average Bonchev–Trinajstić information content (AvgIpc) is 3.65. The van der Waals surface area contributed by atoms with Crippen molar-refractivity contribution in [2.24, 2.45) is 17.8 Å². The zero-order valence-corrected chi connectivity index (χ0v) is 26.5. The fraction of sp³-hybridized carbons (Fsp3) is 0.457. The number of aliphatic hydroxyl groups excluding tert-OH is 1. The summed E-state index contributed by atoms with van der Waals surface area (Å²) in [5.74, 6) is -2.45. The van der Waals surface area contributed by atoms with Gasteiger partial charge in [0.15, 0.2) is 0 Å². The van der Waals surface area contributed by atoms with Crippen LogP contribution in [0.3, 0.4) is 0 Å². The quantitative estimate of drug-likeness (QED) is 0.331. The van der Waals surface area contributed by atoms with Crippen molar-refractivity contribution < 1.29 is 24.2 Å². The summed E-state index contributed by atoms with van der Waals surface area (Å²) in [4.78, 5) is 48.7. The van der Waals surface area contributed by atoms with E-state index in [9.17, 15) is 19.5 Å². The van der Waals surface area contributed by atoms with E-state index in [1.807, 2.05) is 63.2 Å². The fourth-order valence-electron chi connectivity index (χ4n) is 7.64. The molecule has 8 nitrogen and oxygen atoms in total. The summed E-state index contributed by atoms with van der Waals surface area (Å²) in [7, 11) is 0. The lowest BCUT2D eigenvalue weighted by Gasteiger charge is -2.40. The Kier molecular flexibility index (Phi) is 9.35. The summed E-state index contributed by atoms with van der Waals surface area (Å²) in [5.41, 5.74) is 0.807. The highest BCUT2D eigenvalue weighted by atomic mass is 35.5. The van der Waals surface area contributed by atoms with Crippen molar-refractivity contribution in [2.45, 2.75) is 63.8 Å². The van der Waals surface area contributed by atoms with Crippen molar-refractivity contribution in [1.82, 2.24) is 4.90 Å². The van der Waals surface area contributed by atoms with E-state index in [0.717, 1.165) is 5.56 Å². The molecule has 2 aromatic carbocycles. The van der Waals surface area contributed by atoms with Gasteiger partial charge in [-0.2, -0.15) is 0 Å². The summed E-state index contributed by atoms with van der Waals surface area (Å²) in [6, 6.07) is 13.0. The number of amides is 3. The van der Waals surface area contributed by atoms with Gasteiger partial charge in [0.05, 0.1) is 41.3 Å². The van der Waals surface area contributed by atoms with E-state index in [4.69, 9.17) is 16.3 Å². The van der Waals surface area contributed by atoms with Crippen LogP contribution in [-0.4, -0.2) is 71.2 Å². The molecule has 3 aliphatic rings. The molecule has 1 spiro atoms. The van der Waals surface area contributed by atoms with E-state index in [1.165, 1.54) is 4.90 Å². The minimum absolute atomic E-state index is 0.138. The summed E-state index contributed by atoms with van der Waals surface area (Å²) in [6.07, 6.45) is 4.23. The number of fused-ring (bicyclic) bond motifs is 1. The molecule has 2 bridgehead atoms. The normalized spacial score (nSPS) is 26.0. The minimum atomic E-state index is -1.23. The minimum Gasteiger partial charge on any atom is -0.394 e. The van der Waals surface area contributed by atoms with Crippen LogP contribution in [0, 0.1) is 24.7 Å². The number of carbonyl (C=O) groups excluding carboxylic acids is 3. The summed E-state index contributed by atoms with van der Waals surface area (Å²) in [5, 5.41) is 11.0. The Morgan fingerprint density at radius 1 is 1.09 bits per heavy atom. The number of carbonyl (C=O) groups is 3. The smallest absolute Gasteiger partial charge is 0.253 e. The van der Waals surface area contributed by atoms with Gasteiger partial charge in [0.25, 0.3) is 5.91 Å². The maximum atomic E-state index is 14.9. The fourth-order valence-corrected chi connectivity index (χ4v) is 7.96. The molecule has 9 heteroatoms. The number of hydrogen-bond donors (Lipinski definition) is 1. The average molecular weight is 620 g/mol. The first kappa shape index (κ1) is 31.9. The van der Waals surface area contributed by atoms with Gasteiger partial charge in [-0.05, 0) is 55.9 Å². The molecule has 3 saturated heterocycles. The predicted octanol–water partition coefficient (Wildman–Crippen LogP) is 5.17. The van der Waals surface area contributed by atoms with Crippen LogP contribution in [0.4, 0.5) is 11.4 Å². The Bertz CT molecular complexity index is 1410. The van der Waals surface area contributed by atoms with Crippen LogP contribution in [0.1, 0.15) is 38.7 Å². The number of para-hydroxylation sites is 2. The lowest BCUT2D eigenvalue weighted by Crippen LogP contribution is -2.59. The second-order valence-corrected chi connectivity index (χ2v) is 12.9. The molecule has 0 aliphatic carbocycles. The molecule has 5 rings (SSSR count). The molecule has 234 valence electrons. The lowest BCUT2D eigenvalue weighted by molar-refractivity contribution is -0.144. The van der Waals surface area contributed by atoms with Gasteiger partial charge in [-0.3, -0.25) is 14.4 Å². The molecule has 44 heavy (non-hydrogen) atoms. The first-order valence-electron chi connectivity index (χ1n) is 15.4. The second-order valence-electron chi connectivity index (χ2n) is 12.5. The molecule has 3 aliphatic heterocycles. The van der Waals surface area contributed by atoms with Crippen molar-refractivity contribution in [1.29, 1.82) is 0 Å². The Balaban J connectivity index is 1.63. The number of aliphatic hydroxyl groups is 1. The Morgan fingerprint density at radius 3 is 2.39 bits per heavy atom. The summed E-state index contributed by atoms with van der Waals surface area (Å²) < 4.78 is 6.72. The number of hydrogen-bond acceptors (Lipinski definition) is 5. The number of benzene rings is 2. The van der Waals surface area contributed by atoms with E-state index in [2.05, 4.69) is 13.2 Å². The zero-order valence-electron chi connectivity index (χ0n) is 25.7. The number of ether oxygens (including phenoxy) is 1. The van der Waals surface area contributed by atoms with Crippen LogP contribution in [0.2, 0.25) is 5.02 Å². The molecule has 0 aromatic heterocycles. The zero-order chi connectivity index (χ0) is 31.8. The third-order valence-corrected chi connectivity index (χ3v) is 9.59. The molecular formula is C35H42ClN3O5. The van der Waals surface area contributed by atoms with Gasteiger partial charge in [-0.1, -0.05) is 67.9 Å². The lowest BCUT2D eigenvalue weighted by atomic mass is 9.70. The Labute approximate surface area is 264 Å². The van der Waals surface area contributed by atoms with Gasteiger partial charge in [-0.25, -0.2) is 0 Å². The van der Waals surface area contributed by atoms with Crippen molar-refractivity contribution in [3.8, 4) is 0 Å². The van der Waals surface area contributed by atoms with Gasteiger partial charge >= 0.3 is 0 Å². The van der Waals surface area contributed by atoms with Crippen LogP contribution in [0.15, 0.2) is 73.8 Å². The molecule has 3 heterocycles. The molecule has 6 atom stereocenters. The third-order valence-electron chi connectivity index (χ3n) is 9.29. The molecule has 1 N–H and O–H groups in total. The largest absolute Gasteiger partial charge is 0.394 e. The van der Waals surface area contributed by atoms with Crippen LogP contribution in [0.25, 0.3) is 0 Å². The van der Waals surface area contributed by atoms with E-state index in [-0.39, 0.29) is 43.3 Å². The van der Waals surface area contributed by atoms with Crippen LogP contribution >= 0.6 is 11.6 Å². The highest BCUT2D eigenvalue weighted by molar-refractivity contribution is 6.34. The Hall–Kier alpha value is -3.46. The van der Waals surface area contributed by atoms with Gasteiger partial charge in [-0.15, -0.1) is 13.2 Å². The van der Waals surface area contributed by atoms with E-state index >= 15 is 0 Å². The highest BCUT2D eigenvalue weighted by Crippen LogP contribution is 2.59. The molecule has 3 fully saturated rings. The summed E-state index contributed by atoms with van der Waals surface area (Å²) in [6.45, 7) is 13.7. The standard InChI is InChI=1S/C35H42ClN3O5/c1-6-18-37(24-13-9-8-10-14-24)32(41)28-27-16-17-35(44-27)29(28)33(42)39(25(21-40)20-22(3)4)31(35)34(43)38(19-7-2)30-23(5)12-11-15-26(30)36/h6-15,22,25,27-29,31,40H,1-2,16-21H2,3-5H3/t25-,27-,28+,29+,31?,35?/m1/s1. The second kappa shape index (κ2) is 12.9. The van der Waals surface area contributed by atoms with Crippen LogP contribution in [-0.2, 0) is 19.1 Å². The number of halogens is 1. The van der Waals surface area contributed by atoms with Gasteiger partial charge in [0.1, 0.15) is 11.6 Å². The number of nitrogens with zero attached hydrogens (tertiary/aromatic N) is 3. The molecule has 0 radical (unpaired) electrons. The van der Waals surface area contributed by atoms with Crippen molar-refractivity contribution in [3.05, 3.63) is 84.4 Å². The van der Waals surface area contributed by atoms with Crippen molar-refractivity contribution in [3.63, 3.8) is 0 Å². The topological polar surface area (TPSA) is 90.4 Å². The van der Waals surface area contributed by atoms with Gasteiger partial charge in [0.2, 0.25) is 11.8 Å². The monoisotopic (exact) mass is 619 g/mol. The molecular weight excluding hydrogens is 578 g/mol. The van der Waals surface area contributed by atoms with Gasteiger partial charge in [0, 0.05) is 18.8 Å². The van der Waals surface area contributed by atoms with Crippen LogP contribution < -0.4 is 9.80 Å². The highest BCUT2D eigenvalue weighted by Gasteiger charge is 2.75. The number of rotatable bonds is 12. The van der Waals surface area contributed by atoms with E-state index < -0.39 is 35.6 Å². The van der Waals surface area contributed by atoms with E-state index in [0.29, 0.717) is 35.7 Å². The number of likely N-dealkylation sites (tertiary alicyclic amines) is 1. The third kappa shape index (κ3) is 5.27. The van der Waals surface area contributed by atoms with Crippen molar-refractivity contribution in [2.75, 3.05) is 29.5 Å². The maximum Gasteiger partial charge on any atom is 0.253 e. The summed E-state index contributed by atoms with van der Waals surface area (Å²) >= 11 is 6.67. The molecule has 2 unspecified atom stereocenters. The van der Waals surface area contributed by atoms with Gasteiger partial charge < -0.3 is 24.5 Å².